The summed E-state index contributed by atoms with van der Waals surface area (Å²) in [7, 11) is -2.04. The van der Waals surface area contributed by atoms with Gasteiger partial charge in [0.2, 0.25) is 15.9 Å². The lowest BCUT2D eigenvalue weighted by molar-refractivity contribution is -0.135. The smallest absolute Gasteiger partial charge is 0.243 e. The second-order valence-electron chi connectivity index (χ2n) is 7.76. The largest absolute Gasteiger partial charge is 0.341 e. The van der Waals surface area contributed by atoms with Gasteiger partial charge in [0.1, 0.15) is 5.82 Å². The van der Waals surface area contributed by atoms with E-state index in [0.717, 1.165) is 5.56 Å². The number of aryl methyl sites for hydroxylation is 2. The molecule has 0 unspecified atom stereocenters. The minimum absolute atomic E-state index is 0.149. The molecule has 0 aliphatic carbocycles. The van der Waals surface area contributed by atoms with Gasteiger partial charge in [0, 0.05) is 32.2 Å². The molecule has 0 bridgehead atoms. The summed E-state index contributed by atoms with van der Waals surface area (Å²) in [6.45, 7) is 4.35. The molecule has 1 atom stereocenters. The predicted octanol–water partition coefficient (Wildman–Crippen LogP) is 3.50. The zero-order chi connectivity index (χ0) is 21.2. The lowest BCUT2D eigenvalue weighted by atomic mass is 9.98. The van der Waals surface area contributed by atoms with Gasteiger partial charge < -0.3 is 4.90 Å². The van der Waals surface area contributed by atoms with E-state index in [1.807, 2.05) is 13.0 Å². The van der Waals surface area contributed by atoms with Gasteiger partial charge in [-0.15, -0.1) is 0 Å². The summed E-state index contributed by atoms with van der Waals surface area (Å²) in [6, 6.07) is 11.7. The minimum atomic E-state index is -3.67. The maximum absolute atomic E-state index is 13.9. The highest BCUT2D eigenvalue weighted by molar-refractivity contribution is 7.89. The Morgan fingerprint density at radius 1 is 1.21 bits per heavy atom. The summed E-state index contributed by atoms with van der Waals surface area (Å²) in [6.07, 6.45) is 1.24. The van der Waals surface area contributed by atoms with Crippen molar-refractivity contribution in [2.45, 2.75) is 38.1 Å². The molecular weight excluding hydrogens is 391 g/mol. The fraction of sp³-hybridized carbons (Fsp3) is 0.409. The number of amides is 1. The molecule has 29 heavy (non-hydrogen) atoms. The van der Waals surface area contributed by atoms with E-state index < -0.39 is 15.9 Å². The third-order valence-corrected chi connectivity index (χ3v) is 7.44. The van der Waals surface area contributed by atoms with Gasteiger partial charge in [0.25, 0.3) is 0 Å². The van der Waals surface area contributed by atoms with E-state index in [9.17, 15) is 17.6 Å². The molecule has 7 heteroatoms. The Morgan fingerprint density at radius 3 is 2.66 bits per heavy atom. The van der Waals surface area contributed by atoms with Crippen LogP contribution in [-0.4, -0.2) is 43.7 Å². The molecule has 156 valence electrons. The van der Waals surface area contributed by atoms with Crippen molar-refractivity contribution in [2.24, 2.45) is 5.92 Å². The van der Waals surface area contributed by atoms with Gasteiger partial charge in [-0.1, -0.05) is 30.3 Å². The molecule has 0 radical (unpaired) electrons. The Morgan fingerprint density at radius 2 is 1.93 bits per heavy atom. The first-order chi connectivity index (χ1) is 13.7. The molecule has 0 N–H and O–H groups in total. The highest BCUT2D eigenvalue weighted by Crippen LogP contribution is 2.27. The molecule has 1 heterocycles. The first-order valence-corrected chi connectivity index (χ1v) is 11.2. The van der Waals surface area contributed by atoms with Crippen molar-refractivity contribution in [2.75, 3.05) is 20.1 Å². The summed E-state index contributed by atoms with van der Waals surface area (Å²) in [4.78, 5) is 14.7. The summed E-state index contributed by atoms with van der Waals surface area (Å²) >= 11 is 0. The van der Waals surface area contributed by atoms with E-state index in [0.29, 0.717) is 35.4 Å². The molecule has 2 aromatic rings. The molecule has 1 aliphatic rings. The van der Waals surface area contributed by atoms with Gasteiger partial charge in [0.05, 0.1) is 10.8 Å². The number of sulfonamides is 1. The number of nitrogens with zero attached hydrogens (tertiary/aromatic N) is 2. The summed E-state index contributed by atoms with van der Waals surface area (Å²) in [5, 5.41) is 0. The van der Waals surface area contributed by atoms with Crippen molar-refractivity contribution in [3.8, 4) is 0 Å². The van der Waals surface area contributed by atoms with Gasteiger partial charge in [-0.05, 0) is 49.9 Å². The van der Waals surface area contributed by atoms with E-state index in [2.05, 4.69) is 0 Å². The minimum Gasteiger partial charge on any atom is -0.341 e. The van der Waals surface area contributed by atoms with Crippen LogP contribution in [0.15, 0.2) is 47.4 Å². The van der Waals surface area contributed by atoms with Crippen molar-refractivity contribution in [3.05, 3.63) is 65.0 Å². The number of piperidine rings is 1. The molecule has 1 saturated heterocycles. The molecule has 0 aromatic heterocycles. The Hall–Kier alpha value is -2.25. The Labute approximate surface area is 172 Å². The van der Waals surface area contributed by atoms with E-state index in [1.165, 1.54) is 15.3 Å². The fourth-order valence-corrected chi connectivity index (χ4v) is 5.59. The van der Waals surface area contributed by atoms with Crippen LogP contribution in [0.5, 0.6) is 0 Å². The maximum Gasteiger partial charge on any atom is 0.243 e. The number of halogens is 1. The molecule has 1 fully saturated rings. The van der Waals surface area contributed by atoms with Crippen LogP contribution in [-0.2, 0) is 21.4 Å². The van der Waals surface area contributed by atoms with Gasteiger partial charge in [-0.2, -0.15) is 4.31 Å². The van der Waals surface area contributed by atoms with E-state index >= 15 is 0 Å². The SMILES string of the molecule is Cc1ccc(C)c(S(=O)(=O)N2CCC[C@@H](C(=O)N(C)Cc3ccccc3F)C2)c1. The van der Waals surface area contributed by atoms with Crippen LogP contribution >= 0.6 is 0 Å². The Balaban J connectivity index is 1.75. The van der Waals surface area contributed by atoms with E-state index in [-0.39, 0.29) is 24.8 Å². The molecular formula is C22H27FN2O3S. The maximum atomic E-state index is 13.9. The quantitative estimate of drug-likeness (QED) is 0.747. The Kier molecular flexibility index (Phi) is 6.39. The lowest BCUT2D eigenvalue weighted by Gasteiger charge is -2.33. The summed E-state index contributed by atoms with van der Waals surface area (Å²) in [5.41, 5.74) is 2.02. The summed E-state index contributed by atoms with van der Waals surface area (Å²) in [5.74, 6) is -0.940. The van der Waals surface area contributed by atoms with Gasteiger partial charge in [-0.25, -0.2) is 12.8 Å². The number of hydrogen-bond acceptors (Lipinski definition) is 3. The average Bonchev–Trinajstić information content (AvgIpc) is 2.71. The average molecular weight is 419 g/mol. The highest BCUT2D eigenvalue weighted by Gasteiger charge is 2.35. The number of rotatable bonds is 5. The third-order valence-electron chi connectivity index (χ3n) is 5.44. The fourth-order valence-electron chi connectivity index (χ4n) is 3.76. The number of benzene rings is 2. The van der Waals surface area contributed by atoms with Crippen LogP contribution in [0.3, 0.4) is 0 Å². The van der Waals surface area contributed by atoms with Crippen molar-refractivity contribution < 1.29 is 17.6 Å². The van der Waals surface area contributed by atoms with Gasteiger partial charge >= 0.3 is 0 Å². The van der Waals surface area contributed by atoms with Crippen molar-refractivity contribution in [3.63, 3.8) is 0 Å². The van der Waals surface area contributed by atoms with Crippen LogP contribution in [0, 0.1) is 25.6 Å². The molecule has 0 spiro atoms. The van der Waals surface area contributed by atoms with Crippen LogP contribution < -0.4 is 0 Å². The third kappa shape index (κ3) is 4.67. The van der Waals surface area contributed by atoms with Crippen molar-refractivity contribution in [1.82, 2.24) is 9.21 Å². The highest BCUT2D eigenvalue weighted by atomic mass is 32.2. The number of hydrogen-bond donors (Lipinski definition) is 0. The first-order valence-electron chi connectivity index (χ1n) is 9.76. The van der Waals surface area contributed by atoms with Gasteiger partial charge in [0.15, 0.2) is 0 Å². The Bertz CT molecular complexity index is 1010. The van der Waals surface area contributed by atoms with Crippen molar-refractivity contribution in [1.29, 1.82) is 0 Å². The molecule has 3 rings (SSSR count). The standard InChI is InChI=1S/C22H27FN2O3S/c1-16-10-11-17(2)21(13-16)29(27,28)25-12-6-8-19(15-25)22(26)24(3)14-18-7-4-5-9-20(18)23/h4-5,7,9-11,13,19H,6,8,12,14-15H2,1-3H3/t19-/m1/s1. The zero-order valence-electron chi connectivity index (χ0n) is 17.1. The lowest BCUT2D eigenvalue weighted by Crippen LogP contribution is -2.45. The second kappa shape index (κ2) is 8.63. The molecule has 2 aromatic carbocycles. The first kappa shape index (κ1) is 21.5. The van der Waals surface area contributed by atoms with Crippen LogP contribution in [0.1, 0.15) is 29.5 Å². The monoisotopic (exact) mass is 418 g/mol. The molecule has 1 aliphatic heterocycles. The topological polar surface area (TPSA) is 57.7 Å². The predicted molar refractivity (Wildman–Crippen MR) is 110 cm³/mol. The van der Waals surface area contributed by atoms with E-state index in [1.54, 1.807) is 44.3 Å². The van der Waals surface area contributed by atoms with Crippen LogP contribution in [0.4, 0.5) is 4.39 Å². The van der Waals surface area contributed by atoms with E-state index in [4.69, 9.17) is 0 Å². The second-order valence-corrected chi connectivity index (χ2v) is 9.66. The molecule has 0 saturated carbocycles. The van der Waals surface area contributed by atoms with Crippen LogP contribution in [0.2, 0.25) is 0 Å². The zero-order valence-corrected chi connectivity index (χ0v) is 17.9. The molecule has 1 amide bonds. The van der Waals surface area contributed by atoms with Crippen LogP contribution in [0.25, 0.3) is 0 Å². The number of carbonyl (C=O) groups is 1. The van der Waals surface area contributed by atoms with Gasteiger partial charge in [-0.3, -0.25) is 4.79 Å². The number of carbonyl (C=O) groups excluding carboxylic acids is 1. The summed E-state index contributed by atoms with van der Waals surface area (Å²) < 4.78 is 41.7. The molecule has 5 nitrogen and oxygen atoms in total. The normalized spacial score (nSPS) is 17.9. The van der Waals surface area contributed by atoms with Crippen molar-refractivity contribution >= 4 is 15.9 Å².